The van der Waals surface area contributed by atoms with Crippen molar-refractivity contribution in [1.29, 1.82) is 0 Å². The summed E-state index contributed by atoms with van der Waals surface area (Å²) >= 11 is 1.58. The summed E-state index contributed by atoms with van der Waals surface area (Å²) in [5.74, 6) is -0.363. The molecular weight excluding hydrogens is 244 g/mol. The third kappa shape index (κ3) is 2.90. The van der Waals surface area contributed by atoms with E-state index in [0.717, 1.165) is 10.6 Å². The lowest BCUT2D eigenvalue weighted by molar-refractivity contribution is -0.118. The van der Waals surface area contributed by atoms with Crippen LogP contribution in [-0.2, 0) is 4.79 Å². The number of carbonyl (C=O) groups excluding carboxylic acids is 1. The molecule has 1 atom stereocenters. The van der Waals surface area contributed by atoms with Gasteiger partial charge in [0.2, 0.25) is 5.91 Å². The van der Waals surface area contributed by atoms with Crippen LogP contribution >= 0.6 is 11.3 Å². The highest BCUT2D eigenvalue weighted by molar-refractivity contribution is 7.12. The van der Waals surface area contributed by atoms with Crippen LogP contribution < -0.4 is 11.1 Å². The van der Waals surface area contributed by atoms with E-state index in [0.29, 0.717) is 0 Å². The molecule has 0 saturated carbocycles. The fraction of sp³-hybridized carbons (Fsp3) is 0.214. The van der Waals surface area contributed by atoms with Crippen molar-refractivity contribution in [3.8, 4) is 0 Å². The Morgan fingerprint density at radius 3 is 2.33 bits per heavy atom. The fourth-order valence-electron chi connectivity index (χ4n) is 1.71. The van der Waals surface area contributed by atoms with Gasteiger partial charge < -0.3 is 11.1 Å². The topological polar surface area (TPSA) is 55.1 Å². The molecule has 4 heteroatoms. The third-order valence-electron chi connectivity index (χ3n) is 2.69. The van der Waals surface area contributed by atoms with E-state index in [4.69, 9.17) is 5.73 Å². The van der Waals surface area contributed by atoms with Gasteiger partial charge in [0, 0.05) is 15.4 Å². The first-order valence-electron chi connectivity index (χ1n) is 5.75. The Morgan fingerprint density at radius 1 is 1.17 bits per heavy atom. The Morgan fingerprint density at radius 2 is 1.83 bits per heavy atom. The molecule has 1 aromatic carbocycles. The Kier molecular flexibility index (Phi) is 3.67. The van der Waals surface area contributed by atoms with Crippen LogP contribution in [0.15, 0.2) is 36.4 Å². The molecule has 0 aliphatic rings. The minimum absolute atomic E-state index is 0.363. The van der Waals surface area contributed by atoms with Gasteiger partial charge in [-0.1, -0.05) is 17.7 Å². The van der Waals surface area contributed by atoms with Gasteiger partial charge in [-0.25, -0.2) is 0 Å². The van der Waals surface area contributed by atoms with Crippen molar-refractivity contribution in [2.24, 2.45) is 5.73 Å². The van der Waals surface area contributed by atoms with Gasteiger partial charge in [0.1, 0.15) is 6.04 Å². The van der Waals surface area contributed by atoms with Crippen LogP contribution in [0.1, 0.15) is 21.4 Å². The van der Waals surface area contributed by atoms with E-state index >= 15 is 0 Å². The summed E-state index contributed by atoms with van der Waals surface area (Å²) in [4.78, 5) is 13.7. The summed E-state index contributed by atoms with van der Waals surface area (Å²) in [6.07, 6.45) is 0. The monoisotopic (exact) mass is 260 g/mol. The average molecular weight is 260 g/mol. The molecule has 0 fully saturated rings. The van der Waals surface area contributed by atoms with Crippen molar-refractivity contribution < 1.29 is 4.79 Å². The first-order chi connectivity index (χ1) is 8.56. The normalized spacial score (nSPS) is 12.1. The second kappa shape index (κ2) is 5.23. The fourth-order valence-corrected chi connectivity index (χ4v) is 2.64. The SMILES string of the molecule is Cc1ccc(NC(C(N)=O)c2ccc(C)s2)cc1. The van der Waals surface area contributed by atoms with Gasteiger partial charge >= 0.3 is 0 Å². The Labute approximate surface area is 111 Å². The van der Waals surface area contributed by atoms with Crippen LogP contribution in [0.25, 0.3) is 0 Å². The van der Waals surface area contributed by atoms with Crippen LogP contribution in [-0.4, -0.2) is 5.91 Å². The molecule has 94 valence electrons. The second-order valence-corrected chi connectivity index (χ2v) is 5.61. The van der Waals surface area contributed by atoms with E-state index in [1.54, 1.807) is 11.3 Å². The third-order valence-corrected chi connectivity index (χ3v) is 3.76. The van der Waals surface area contributed by atoms with E-state index in [-0.39, 0.29) is 5.91 Å². The molecule has 1 aromatic heterocycles. The number of anilines is 1. The van der Waals surface area contributed by atoms with Gasteiger partial charge in [-0.3, -0.25) is 4.79 Å². The number of nitrogens with two attached hydrogens (primary N) is 1. The lowest BCUT2D eigenvalue weighted by Gasteiger charge is -2.15. The van der Waals surface area contributed by atoms with Crippen LogP contribution in [0.4, 0.5) is 5.69 Å². The zero-order valence-corrected chi connectivity index (χ0v) is 11.3. The van der Waals surface area contributed by atoms with E-state index in [9.17, 15) is 4.79 Å². The number of amides is 1. The van der Waals surface area contributed by atoms with Gasteiger partial charge in [-0.15, -0.1) is 11.3 Å². The smallest absolute Gasteiger partial charge is 0.245 e. The summed E-state index contributed by atoms with van der Waals surface area (Å²) in [5.41, 5.74) is 7.54. The summed E-state index contributed by atoms with van der Waals surface area (Å²) < 4.78 is 0. The highest BCUT2D eigenvalue weighted by Gasteiger charge is 2.19. The van der Waals surface area contributed by atoms with Gasteiger partial charge in [-0.05, 0) is 38.1 Å². The summed E-state index contributed by atoms with van der Waals surface area (Å²) in [6.45, 7) is 4.04. The number of hydrogen-bond donors (Lipinski definition) is 2. The quantitative estimate of drug-likeness (QED) is 0.888. The van der Waals surface area contributed by atoms with Crippen LogP contribution in [0.5, 0.6) is 0 Å². The molecule has 3 N–H and O–H groups in total. The highest BCUT2D eigenvalue weighted by atomic mass is 32.1. The van der Waals surface area contributed by atoms with Crippen LogP contribution in [0, 0.1) is 13.8 Å². The Bertz CT molecular complexity index is 545. The molecule has 2 rings (SSSR count). The maximum atomic E-state index is 11.5. The lowest BCUT2D eigenvalue weighted by Crippen LogP contribution is -2.26. The maximum absolute atomic E-state index is 11.5. The van der Waals surface area contributed by atoms with E-state index in [1.165, 1.54) is 10.4 Å². The highest BCUT2D eigenvalue weighted by Crippen LogP contribution is 2.26. The molecule has 0 aliphatic carbocycles. The van der Waals surface area contributed by atoms with Gasteiger partial charge in [0.05, 0.1) is 0 Å². The molecular formula is C14H16N2OS. The zero-order valence-electron chi connectivity index (χ0n) is 10.4. The van der Waals surface area contributed by atoms with Crippen LogP contribution in [0.3, 0.4) is 0 Å². The first-order valence-corrected chi connectivity index (χ1v) is 6.57. The molecule has 2 aromatic rings. The predicted octanol–water partition coefficient (Wildman–Crippen LogP) is 3.00. The predicted molar refractivity (Wildman–Crippen MR) is 75.8 cm³/mol. The number of rotatable bonds is 4. The van der Waals surface area contributed by atoms with Crippen molar-refractivity contribution >= 4 is 22.9 Å². The standard InChI is InChI=1S/C14H16N2OS/c1-9-3-6-11(7-4-9)16-13(14(15)17)12-8-5-10(2)18-12/h3-8,13,16H,1-2H3,(H2,15,17). The summed E-state index contributed by atoms with van der Waals surface area (Å²) in [7, 11) is 0. The molecule has 0 spiro atoms. The van der Waals surface area contributed by atoms with Crippen molar-refractivity contribution in [2.75, 3.05) is 5.32 Å². The number of carbonyl (C=O) groups is 1. The largest absolute Gasteiger partial charge is 0.369 e. The minimum Gasteiger partial charge on any atom is -0.369 e. The number of aryl methyl sites for hydroxylation is 2. The minimum atomic E-state index is -0.466. The number of primary amides is 1. The molecule has 0 radical (unpaired) electrons. The summed E-state index contributed by atoms with van der Waals surface area (Å²) in [6, 6.07) is 11.4. The van der Waals surface area contributed by atoms with Crippen molar-refractivity contribution in [2.45, 2.75) is 19.9 Å². The summed E-state index contributed by atoms with van der Waals surface area (Å²) in [5, 5.41) is 3.17. The number of nitrogens with one attached hydrogen (secondary N) is 1. The van der Waals surface area contributed by atoms with E-state index in [2.05, 4.69) is 5.32 Å². The molecule has 1 unspecified atom stereocenters. The Balaban J connectivity index is 2.22. The molecule has 0 bridgehead atoms. The molecule has 3 nitrogen and oxygen atoms in total. The zero-order chi connectivity index (χ0) is 13.1. The molecule has 18 heavy (non-hydrogen) atoms. The number of hydrogen-bond acceptors (Lipinski definition) is 3. The number of thiophene rings is 1. The van der Waals surface area contributed by atoms with Crippen molar-refractivity contribution in [3.63, 3.8) is 0 Å². The molecule has 1 amide bonds. The molecule has 0 saturated heterocycles. The Hall–Kier alpha value is -1.81. The molecule has 0 aliphatic heterocycles. The van der Waals surface area contributed by atoms with E-state index < -0.39 is 6.04 Å². The van der Waals surface area contributed by atoms with Crippen molar-refractivity contribution in [1.82, 2.24) is 0 Å². The lowest BCUT2D eigenvalue weighted by atomic mass is 10.2. The van der Waals surface area contributed by atoms with Gasteiger partial charge in [0.25, 0.3) is 0 Å². The first kappa shape index (κ1) is 12.6. The average Bonchev–Trinajstić information content (AvgIpc) is 2.74. The number of benzene rings is 1. The van der Waals surface area contributed by atoms with Gasteiger partial charge in [-0.2, -0.15) is 0 Å². The molecule has 1 heterocycles. The van der Waals surface area contributed by atoms with E-state index in [1.807, 2.05) is 50.2 Å². The van der Waals surface area contributed by atoms with Gasteiger partial charge in [0.15, 0.2) is 0 Å². The van der Waals surface area contributed by atoms with Crippen LogP contribution in [0.2, 0.25) is 0 Å². The maximum Gasteiger partial charge on any atom is 0.245 e. The van der Waals surface area contributed by atoms with Crippen molar-refractivity contribution in [3.05, 3.63) is 51.7 Å². The second-order valence-electron chi connectivity index (χ2n) is 4.29.